The molecule has 0 saturated carbocycles. The van der Waals surface area contributed by atoms with Crippen LogP contribution in [0, 0.1) is 0 Å². The number of rotatable bonds is 3. The molecule has 1 aliphatic heterocycles. The van der Waals surface area contributed by atoms with Crippen LogP contribution in [0.25, 0.3) is 10.9 Å². The van der Waals surface area contributed by atoms with E-state index < -0.39 is 0 Å². The molecule has 112 valence electrons. The number of H-pyrrole nitrogens is 1. The third-order valence-corrected chi connectivity index (χ3v) is 4.76. The van der Waals surface area contributed by atoms with E-state index in [1.165, 1.54) is 17.4 Å². The van der Waals surface area contributed by atoms with E-state index in [4.69, 9.17) is 0 Å². The summed E-state index contributed by atoms with van der Waals surface area (Å²) in [6, 6.07) is 9.07. The molecule has 1 aromatic heterocycles. The third-order valence-electron chi connectivity index (χ3n) is 4.76. The second-order valence-corrected chi connectivity index (χ2v) is 6.29. The zero-order chi connectivity index (χ0) is 14.8. The number of aromatic amines is 1. The van der Waals surface area contributed by atoms with Crippen LogP contribution in [-0.2, 0) is 11.2 Å². The number of benzene rings is 1. The Hall–Kier alpha value is -1.77. The van der Waals surface area contributed by atoms with Crippen molar-refractivity contribution in [2.45, 2.75) is 58.0 Å². The molecule has 0 spiro atoms. The summed E-state index contributed by atoms with van der Waals surface area (Å²) in [7, 11) is 0. The number of carbonyl (C=O) groups excluding carboxylic acids is 1. The van der Waals surface area contributed by atoms with Gasteiger partial charge >= 0.3 is 0 Å². The number of likely N-dealkylation sites (tertiary alicyclic amines) is 1. The predicted molar refractivity (Wildman–Crippen MR) is 86.2 cm³/mol. The maximum Gasteiger partial charge on any atom is 0.223 e. The van der Waals surface area contributed by atoms with Crippen molar-refractivity contribution >= 4 is 16.8 Å². The summed E-state index contributed by atoms with van der Waals surface area (Å²) in [4.78, 5) is 18.0. The summed E-state index contributed by atoms with van der Waals surface area (Å²) in [6.07, 6.45) is 7.00. The van der Waals surface area contributed by atoms with Crippen LogP contribution in [0.2, 0.25) is 0 Å². The second kappa shape index (κ2) is 5.92. The van der Waals surface area contributed by atoms with Gasteiger partial charge in [0.15, 0.2) is 0 Å². The summed E-state index contributed by atoms with van der Waals surface area (Å²) in [6.45, 7) is 4.36. The first-order chi connectivity index (χ1) is 10.2. The van der Waals surface area contributed by atoms with Gasteiger partial charge in [-0.05, 0) is 51.2 Å². The summed E-state index contributed by atoms with van der Waals surface area (Å²) in [5.74, 6) is 0.306. The van der Waals surface area contributed by atoms with Crippen LogP contribution < -0.4 is 0 Å². The van der Waals surface area contributed by atoms with E-state index in [0.717, 1.165) is 24.8 Å². The highest BCUT2D eigenvalue weighted by atomic mass is 16.2. The maximum absolute atomic E-state index is 12.6. The third kappa shape index (κ3) is 2.82. The van der Waals surface area contributed by atoms with Gasteiger partial charge in [-0.3, -0.25) is 4.79 Å². The molecular formula is C18H24N2O. The van der Waals surface area contributed by atoms with Gasteiger partial charge in [-0.1, -0.05) is 18.2 Å². The Bertz CT molecular complexity index is 621. The smallest absolute Gasteiger partial charge is 0.223 e. The number of aromatic nitrogens is 1. The number of piperidine rings is 1. The van der Waals surface area contributed by atoms with Crippen molar-refractivity contribution in [2.75, 3.05) is 0 Å². The number of hydrogen-bond donors (Lipinski definition) is 1. The zero-order valence-electron chi connectivity index (χ0n) is 12.9. The summed E-state index contributed by atoms with van der Waals surface area (Å²) >= 11 is 0. The Labute approximate surface area is 126 Å². The van der Waals surface area contributed by atoms with Crippen molar-refractivity contribution in [3.63, 3.8) is 0 Å². The fourth-order valence-corrected chi connectivity index (χ4v) is 3.62. The van der Waals surface area contributed by atoms with Crippen molar-refractivity contribution in [1.82, 2.24) is 9.88 Å². The molecular weight excluding hydrogens is 260 g/mol. The van der Waals surface area contributed by atoms with E-state index >= 15 is 0 Å². The first-order valence-corrected chi connectivity index (χ1v) is 8.03. The molecule has 3 heteroatoms. The van der Waals surface area contributed by atoms with Gasteiger partial charge in [0.25, 0.3) is 0 Å². The van der Waals surface area contributed by atoms with Gasteiger partial charge in [0.1, 0.15) is 0 Å². The minimum Gasteiger partial charge on any atom is -0.361 e. The molecule has 2 aromatic rings. The molecule has 1 aliphatic rings. The fourth-order valence-electron chi connectivity index (χ4n) is 3.62. The van der Waals surface area contributed by atoms with E-state index in [0.29, 0.717) is 24.4 Å². The molecule has 1 N–H and O–H groups in total. The highest BCUT2D eigenvalue weighted by Gasteiger charge is 2.28. The number of hydrogen-bond acceptors (Lipinski definition) is 1. The lowest BCUT2D eigenvalue weighted by molar-refractivity contribution is -0.137. The summed E-state index contributed by atoms with van der Waals surface area (Å²) < 4.78 is 0. The van der Waals surface area contributed by atoms with Gasteiger partial charge in [0.05, 0.1) is 0 Å². The highest BCUT2D eigenvalue weighted by molar-refractivity contribution is 5.84. The van der Waals surface area contributed by atoms with E-state index in [9.17, 15) is 4.79 Å². The molecule has 2 atom stereocenters. The molecule has 21 heavy (non-hydrogen) atoms. The van der Waals surface area contributed by atoms with Gasteiger partial charge in [0.2, 0.25) is 5.91 Å². The minimum atomic E-state index is 0.306. The Morgan fingerprint density at radius 2 is 1.95 bits per heavy atom. The summed E-state index contributed by atoms with van der Waals surface area (Å²) in [5, 5.41) is 1.24. The van der Waals surface area contributed by atoms with E-state index in [1.54, 1.807) is 0 Å². The van der Waals surface area contributed by atoms with Crippen molar-refractivity contribution in [1.29, 1.82) is 0 Å². The quantitative estimate of drug-likeness (QED) is 0.912. The van der Waals surface area contributed by atoms with Crippen LogP contribution in [0.3, 0.4) is 0 Å². The van der Waals surface area contributed by atoms with E-state index in [-0.39, 0.29) is 0 Å². The Balaban J connectivity index is 1.68. The number of carbonyl (C=O) groups is 1. The normalized spacial score (nSPS) is 22.7. The minimum absolute atomic E-state index is 0.306. The molecule has 1 amide bonds. The Morgan fingerprint density at radius 3 is 2.71 bits per heavy atom. The lowest BCUT2D eigenvalue weighted by atomic mass is 9.96. The molecule has 1 saturated heterocycles. The number of amides is 1. The maximum atomic E-state index is 12.6. The average Bonchev–Trinajstić information content (AvgIpc) is 2.88. The Morgan fingerprint density at radius 1 is 1.24 bits per heavy atom. The molecule has 2 unspecified atom stereocenters. The van der Waals surface area contributed by atoms with Gasteiger partial charge in [0, 0.05) is 35.6 Å². The van der Waals surface area contributed by atoms with E-state index in [1.807, 2.05) is 12.3 Å². The van der Waals surface area contributed by atoms with Crippen molar-refractivity contribution in [3.8, 4) is 0 Å². The molecule has 3 nitrogen and oxygen atoms in total. The first-order valence-electron chi connectivity index (χ1n) is 8.03. The number of aryl methyl sites for hydroxylation is 1. The first kappa shape index (κ1) is 14.2. The standard InChI is InChI=1S/C18H24N2O/c1-13-6-5-7-14(2)20(13)18(21)11-10-15-12-19-17-9-4-3-8-16(15)17/h3-4,8-9,12-14,19H,5-7,10-11H2,1-2H3. The van der Waals surface area contributed by atoms with Gasteiger partial charge in [-0.25, -0.2) is 0 Å². The Kier molecular flexibility index (Phi) is 4.00. The van der Waals surface area contributed by atoms with Crippen LogP contribution in [0.5, 0.6) is 0 Å². The van der Waals surface area contributed by atoms with Crippen molar-refractivity contribution in [3.05, 3.63) is 36.0 Å². The molecule has 2 heterocycles. The topological polar surface area (TPSA) is 36.1 Å². The van der Waals surface area contributed by atoms with Gasteiger partial charge in [-0.15, -0.1) is 0 Å². The molecule has 0 bridgehead atoms. The molecule has 1 fully saturated rings. The summed E-state index contributed by atoms with van der Waals surface area (Å²) in [5.41, 5.74) is 2.40. The predicted octanol–water partition coefficient (Wildman–Crippen LogP) is 3.89. The number of nitrogens with zero attached hydrogens (tertiary/aromatic N) is 1. The SMILES string of the molecule is CC1CCCC(C)N1C(=O)CCc1c[nH]c2ccccc12. The van der Waals surface area contributed by atoms with Gasteiger partial charge < -0.3 is 9.88 Å². The lowest BCUT2D eigenvalue weighted by Crippen LogP contribution is -2.47. The number of fused-ring (bicyclic) bond motifs is 1. The average molecular weight is 284 g/mol. The largest absolute Gasteiger partial charge is 0.361 e. The molecule has 1 aromatic carbocycles. The monoisotopic (exact) mass is 284 g/mol. The second-order valence-electron chi connectivity index (χ2n) is 6.29. The number of para-hydroxylation sites is 1. The van der Waals surface area contributed by atoms with Crippen LogP contribution in [0.4, 0.5) is 0 Å². The lowest BCUT2D eigenvalue weighted by Gasteiger charge is -2.39. The van der Waals surface area contributed by atoms with Crippen molar-refractivity contribution < 1.29 is 4.79 Å². The van der Waals surface area contributed by atoms with Crippen LogP contribution in [-0.4, -0.2) is 27.9 Å². The molecule has 0 aliphatic carbocycles. The van der Waals surface area contributed by atoms with Crippen LogP contribution in [0.15, 0.2) is 30.5 Å². The molecule has 3 rings (SSSR count). The van der Waals surface area contributed by atoms with Crippen LogP contribution in [0.1, 0.15) is 45.1 Å². The van der Waals surface area contributed by atoms with Crippen LogP contribution >= 0.6 is 0 Å². The highest BCUT2D eigenvalue weighted by Crippen LogP contribution is 2.24. The van der Waals surface area contributed by atoms with Gasteiger partial charge in [-0.2, -0.15) is 0 Å². The van der Waals surface area contributed by atoms with Crippen molar-refractivity contribution in [2.24, 2.45) is 0 Å². The molecule has 0 radical (unpaired) electrons. The number of nitrogens with one attached hydrogen (secondary N) is 1. The van der Waals surface area contributed by atoms with E-state index in [2.05, 4.69) is 41.9 Å². The fraction of sp³-hybridized carbons (Fsp3) is 0.500. The zero-order valence-corrected chi connectivity index (χ0v) is 12.9.